The summed E-state index contributed by atoms with van der Waals surface area (Å²) >= 11 is 0. The fraction of sp³-hybridized carbons (Fsp3) is 0.105. The van der Waals surface area contributed by atoms with Crippen molar-refractivity contribution in [1.29, 1.82) is 5.26 Å². The molecule has 2 aromatic rings. The third-order valence-corrected chi connectivity index (χ3v) is 4.99. The van der Waals surface area contributed by atoms with E-state index in [1.807, 2.05) is 6.07 Å². The molecule has 0 aliphatic carbocycles. The molecule has 7 nitrogen and oxygen atoms in total. The first-order valence-electron chi connectivity index (χ1n) is 7.86. The number of sulfonamides is 1. The van der Waals surface area contributed by atoms with Gasteiger partial charge in [-0.1, -0.05) is 30.3 Å². The van der Waals surface area contributed by atoms with E-state index < -0.39 is 16.0 Å². The zero-order valence-electron chi connectivity index (χ0n) is 14.1. The summed E-state index contributed by atoms with van der Waals surface area (Å²) in [5.74, 6) is -1.50. The van der Waals surface area contributed by atoms with Crippen molar-refractivity contribution in [2.24, 2.45) is 0 Å². The minimum atomic E-state index is -3.91. The highest BCUT2D eigenvalue weighted by molar-refractivity contribution is 7.89. The standard InChI is InChI=1S/C19H16N2O5S/c20-13-15-6-4-14(5-7-15)8-9-18(22)16-2-1-3-17(12-16)27(25,26)21-11-10-19(23)24/h1-9,12,21H,10-11H2,(H,23,24)/b9-8+. The minimum absolute atomic E-state index is 0.120. The average molecular weight is 384 g/mol. The molecule has 0 aromatic heterocycles. The van der Waals surface area contributed by atoms with Gasteiger partial charge in [0.05, 0.1) is 22.9 Å². The van der Waals surface area contributed by atoms with Crippen molar-refractivity contribution < 1.29 is 23.1 Å². The lowest BCUT2D eigenvalue weighted by Crippen LogP contribution is -2.26. The lowest BCUT2D eigenvalue weighted by molar-refractivity contribution is -0.136. The van der Waals surface area contributed by atoms with Gasteiger partial charge in [-0.3, -0.25) is 9.59 Å². The number of benzene rings is 2. The van der Waals surface area contributed by atoms with Gasteiger partial charge in [0, 0.05) is 12.1 Å². The number of nitrogens with one attached hydrogen (secondary N) is 1. The molecule has 2 N–H and O–H groups in total. The van der Waals surface area contributed by atoms with Crippen LogP contribution in [-0.4, -0.2) is 31.8 Å². The number of rotatable bonds is 8. The molecule has 0 fully saturated rings. The first-order valence-corrected chi connectivity index (χ1v) is 9.34. The van der Waals surface area contributed by atoms with Crippen molar-refractivity contribution in [3.8, 4) is 6.07 Å². The Labute approximate surface area is 156 Å². The Balaban J connectivity index is 2.13. The predicted octanol–water partition coefficient (Wildman–Crippen LogP) is 2.21. The molecular formula is C19H16N2O5S. The molecule has 0 saturated heterocycles. The van der Waals surface area contributed by atoms with Crippen molar-refractivity contribution in [1.82, 2.24) is 4.72 Å². The van der Waals surface area contributed by atoms with Gasteiger partial charge >= 0.3 is 5.97 Å². The van der Waals surface area contributed by atoms with Gasteiger partial charge in [-0.05, 0) is 35.9 Å². The van der Waals surface area contributed by atoms with E-state index in [1.54, 1.807) is 30.3 Å². The quantitative estimate of drug-likeness (QED) is 0.531. The van der Waals surface area contributed by atoms with E-state index >= 15 is 0 Å². The molecule has 0 bridgehead atoms. The average Bonchev–Trinajstić information content (AvgIpc) is 2.66. The highest BCUT2D eigenvalue weighted by atomic mass is 32.2. The zero-order chi connectivity index (χ0) is 19.9. The van der Waals surface area contributed by atoms with E-state index in [1.165, 1.54) is 30.3 Å². The molecule has 2 aromatic carbocycles. The summed E-state index contributed by atoms with van der Waals surface area (Å²) < 4.78 is 26.5. The first kappa shape index (κ1) is 20.0. The van der Waals surface area contributed by atoms with E-state index in [2.05, 4.69) is 4.72 Å². The van der Waals surface area contributed by atoms with Crippen molar-refractivity contribution in [2.45, 2.75) is 11.3 Å². The van der Waals surface area contributed by atoms with E-state index in [4.69, 9.17) is 10.4 Å². The maximum Gasteiger partial charge on any atom is 0.304 e. The highest BCUT2D eigenvalue weighted by Gasteiger charge is 2.15. The highest BCUT2D eigenvalue weighted by Crippen LogP contribution is 2.13. The lowest BCUT2D eigenvalue weighted by atomic mass is 10.1. The largest absolute Gasteiger partial charge is 0.481 e. The number of carboxylic acid groups (broad SMARTS) is 1. The monoisotopic (exact) mass is 384 g/mol. The summed E-state index contributed by atoms with van der Waals surface area (Å²) in [5, 5.41) is 17.3. The van der Waals surface area contributed by atoms with Crippen LogP contribution in [-0.2, 0) is 14.8 Å². The summed E-state index contributed by atoms with van der Waals surface area (Å²) in [7, 11) is -3.91. The van der Waals surface area contributed by atoms with Gasteiger partial charge in [0.15, 0.2) is 5.78 Å². The van der Waals surface area contributed by atoms with Crippen molar-refractivity contribution in [3.63, 3.8) is 0 Å². The van der Waals surface area contributed by atoms with Crippen molar-refractivity contribution in [2.75, 3.05) is 6.54 Å². The lowest BCUT2D eigenvalue weighted by Gasteiger charge is -2.06. The SMILES string of the molecule is N#Cc1ccc(/C=C/C(=O)c2cccc(S(=O)(=O)NCCC(=O)O)c2)cc1. The number of aliphatic carboxylic acids is 1. The van der Waals surface area contributed by atoms with Gasteiger partial charge < -0.3 is 5.11 Å². The van der Waals surface area contributed by atoms with E-state index in [-0.39, 0.29) is 29.2 Å². The molecule has 8 heteroatoms. The number of allylic oxidation sites excluding steroid dienone is 1. The summed E-state index contributed by atoms with van der Waals surface area (Å²) in [6, 6.07) is 14.1. The summed E-state index contributed by atoms with van der Waals surface area (Å²) in [4.78, 5) is 22.7. The van der Waals surface area contributed by atoms with Crippen molar-refractivity contribution >= 4 is 27.9 Å². The second-order valence-corrected chi connectivity index (χ2v) is 7.27. The Morgan fingerprint density at radius 3 is 2.48 bits per heavy atom. The second-order valence-electron chi connectivity index (χ2n) is 5.50. The fourth-order valence-electron chi connectivity index (χ4n) is 2.13. The van der Waals surface area contributed by atoms with Crippen LogP contribution < -0.4 is 4.72 Å². The minimum Gasteiger partial charge on any atom is -0.481 e. The third-order valence-electron chi connectivity index (χ3n) is 3.53. The van der Waals surface area contributed by atoms with Crippen LogP contribution in [0.25, 0.3) is 6.08 Å². The number of nitrogens with zero attached hydrogens (tertiary/aromatic N) is 1. The Morgan fingerprint density at radius 1 is 1.15 bits per heavy atom. The van der Waals surface area contributed by atoms with Crippen LogP contribution in [0.1, 0.15) is 27.9 Å². The predicted molar refractivity (Wildman–Crippen MR) is 98.4 cm³/mol. The van der Waals surface area contributed by atoms with Crippen LogP contribution in [0.3, 0.4) is 0 Å². The van der Waals surface area contributed by atoms with Crippen LogP contribution in [0.15, 0.2) is 59.5 Å². The Morgan fingerprint density at radius 2 is 1.85 bits per heavy atom. The van der Waals surface area contributed by atoms with E-state index in [0.29, 0.717) is 5.56 Å². The van der Waals surface area contributed by atoms with Gasteiger partial charge in [-0.15, -0.1) is 0 Å². The Hall–Kier alpha value is -3.28. The molecular weight excluding hydrogens is 368 g/mol. The molecule has 0 aliphatic heterocycles. The second kappa shape index (κ2) is 8.89. The van der Waals surface area contributed by atoms with E-state index in [0.717, 1.165) is 5.56 Å². The first-order chi connectivity index (χ1) is 12.8. The van der Waals surface area contributed by atoms with Crippen LogP contribution in [0.4, 0.5) is 0 Å². The molecule has 0 radical (unpaired) electrons. The van der Waals surface area contributed by atoms with Gasteiger partial charge in [0.25, 0.3) is 0 Å². The topological polar surface area (TPSA) is 124 Å². The molecule has 0 aliphatic rings. The summed E-state index contributed by atoms with van der Waals surface area (Å²) in [5.41, 5.74) is 1.41. The number of carboxylic acids is 1. The molecule has 0 amide bonds. The summed E-state index contributed by atoms with van der Waals surface area (Å²) in [6.07, 6.45) is 2.53. The molecule has 0 unspecified atom stereocenters. The zero-order valence-corrected chi connectivity index (χ0v) is 14.9. The van der Waals surface area contributed by atoms with Gasteiger partial charge in [-0.25, -0.2) is 13.1 Å². The number of hydrogen-bond acceptors (Lipinski definition) is 5. The molecule has 27 heavy (non-hydrogen) atoms. The number of hydrogen-bond donors (Lipinski definition) is 2. The molecule has 2 rings (SSSR count). The van der Waals surface area contributed by atoms with Crippen LogP contribution in [0.2, 0.25) is 0 Å². The number of carbonyl (C=O) groups excluding carboxylic acids is 1. The van der Waals surface area contributed by atoms with Crippen LogP contribution >= 0.6 is 0 Å². The maximum atomic E-state index is 12.3. The molecule has 0 spiro atoms. The molecule has 0 saturated carbocycles. The number of nitriles is 1. The van der Waals surface area contributed by atoms with Crippen LogP contribution in [0, 0.1) is 11.3 Å². The molecule has 0 atom stereocenters. The van der Waals surface area contributed by atoms with Crippen LogP contribution in [0.5, 0.6) is 0 Å². The van der Waals surface area contributed by atoms with Crippen molar-refractivity contribution in [3.05, 3.63) is 71.3 Å². The number of ketones is 1. The third kappa shape index (κ3) is 5.88. The van der Waals surface area contributed by atoms with Gasteiger partial charge in [-0.2, -0.15) is 5.26 Å². The Bertz CT molecular complexity index is 1020. The summed E-state index contributed by atoms with van der Waals surface area (Å²) in [6.45, 7) is -0.242. The normalized spacial score (nSPS) is 11.2. The molecule has 138 valence electrons. The smallest absolute Gasteiger partial charge is 0.304 e. The Kier molecular flexibility index (Phi) is 6.60. The van der Waals surface area contributed by atoms with E-state index in [9.17, 15) is 18.0 Å². The fourth-order valence-corrected chi connectivity index (χ4v) is 3.21. The number of carbonyl (C=O) groups is 2. The van der Waals surface area contributed by atoms with Gasteiger partial charge in [0.2, 0.25) is 10.0 Å². The maximum absolute atomic E-state index is 12.3. The molecule has 0 heterocycles. The van der Waals surface area contributed by atoms with Gasteiger partial charge in [0.1, 0.15) is 0 Å².